The minimum Gasteiger partial charge on any atom is -0.480 e. The lowest BCUT2D eigenvalue weighted by atomic mass is 10.1. The highest BCUT2D eigenvalue weighted by Crippen LogP contribution is 2.26. The third-order valence-corrected chi connectivity index (χ3v) is 6.27. The predicted molar refractivity (Wildman–Crippen MR) is 124 cm³/mol. The van der Waals surface area contributed by atoms with E-state index in [1.165, 1.54) is 0 Å². The van der Waals surface area contributed by atoms with E-state index in [2.05, 4.69) is 24.2 Å². The van der Waals surface area contributed by atoms with E-state index in [1.807, 2.05) is 0 Å². The fourth-order valence-corrected chi connectivity index (χ4v) is 4.05. The molecule has 13 heteroatoms. The summed E-state index contributed by atoms with van der Waals surface area (Å²) in [5.41, 5.74) is 5.95. The highest BCUT2D eigenvalue weighted by atomic mass is 32.2. The van der Waals surface area contributed by atoms with Gasteiger partial charge in [0.05, 0.1) is 57.6 Å². The molecule has 3 N–H and O–H groups in total. The van der Waals surface area contributed by atoms with Crippen LogP contribution in [0.2, 0.25) is 0 Å². The van der Waals surface area contributed by atoms with Crippen LogP contribution < -0.4 is 5.73 Å². The molecule has 0 aromatic carbocycles. The maximum atomic E-state index is 12.5. The van der Waals surface area contributed by atoms with E-state index in [-0.39, 0.29) is 30.5 Å². The molecule has 2 rings (SSSR count). The molecule has 1 aliphatic heterocycles. The van der Waals surface area contributed by atoms with E-state index >= 15 is 0 Å². The third-order valence-electron chi connectivity index (χ3n) is 4.95. The van der Waals surface area contributed by atoms with Crippen LogP contribution in [0.15, 0.2) is 6.20 Å². The molecule has 1 aromatic rings. The zero-order chi connectivity index (χ0) is 24.9. The minimum absolute atomic E-state index is 0.0178. The van der Waals surface area contributed by atoms with Crippen LogP contribution in [0.25, 0.3) is 0 Å². The number of amides is 2. The molecular formula is C21H35N5O7S. The Bertz CT molecular complexity index is 791. The van der Waals surface area contributed by atoms with Crippen molar-refractivity contribution in [2.45, 2.75) is 51.1 Å². The summed E-state index contributed by atoms with van der Waals surface area (Å²) in [6.45, 7) is 8.02. The molecule has 0 bridgehead atoms. The number of imide groups is 1. The van der Waals surface area contributed by atoms with Crippen LogP contribution in [0.4, 0.5) is 0 Å². The van der Waals surface area contributed by atoms with Gasteiger partial charge < -0.3 is 25.1 Å². The smallest absolute Gasteiger partial charge is 0.321 e. The van der Waals surface area contributed by atoms with Crippen molar-refractivity contribution in [2.75, 3.05) is 45.4 Å². The molecule has 2 atom stereocenters. The van der Waals surface area contributed by atoms with Crippen LogP contribution in [0.1, 0.15) is 32.4 Å². The summed E-state index contributed by atoms with van der Waals surface area (Å²) in [5, 5.41) is 16.2. The topological polar surface area (TPSA) is 159 Å². The van der Waals surface area contributed by atoms with E-state index in [1.54, 1.807) is 10.9 Å². The second-order valence-electron chi connectivity index (χ2n) is 8.28. The third kappa shape index (κ3) is 10.1. The number of carboxylic acids is 1. The summed E-state index contributed by atoms with van der Waals surface area (Å²) in [6, 6.07) is -1.08. The lowest BCUT2D eigenvalue weighted by Gasteiger charge is -2.13. The quantitative estimate of drug-likeness (QED) is 0.208. The van der Waals surface area contributed by atoms with E-state index < -0.39 is 17.3 Å². The Kier molecular flexibility index (Phi) is 12.5. The van der Waals surface area contributed by atoms with E-state index in [0.717, 1.165) is 29.7 Å². The molecule has 12 nitrogen and oxygen atoms in total. The molecule has 192 valence electrons. The molecule has 2 heterocycles. The summed E-state index contributed by atoms with van der Waals surface area (Å²) >= 11 is 1.08. The van der Waals surface area contributed by atoms with Gasteiger partial charge in [-0.2, -0.15) is 0 Å². The van der Waals surface area contributed by atoms with Gasteiger partial charge in [0, 0.05) is 18.8 Å². The monoisotopic (exact) mass is 501 g/mol. The average Bonchev–Trinajstić information content (AvgIpc) is 3.34. The highest BCUT2D eigenvalue weighted by Gasteiger charge is 2.39. The second kappa shape index (κ2) is 15.0. The predicted octanol–water partition coefficient (Wildman–Crippen LogP) is 0.147. The number of rotatable bonds is 18. The fourth-order valence-electron chi connectivity index (χ4n) is 2.94. The Balaban J connectivity index is 1.59. The van der Waals surface area contributed by atoms with E-state index in [0.29, 0.717) is 51.2 Å². The first-order valence-corrected chi connectivity index (χ1v) is 12.4. The molecule has 0 radical (unpaired) electrons. The first-order chi connectivity index (χ1) is 16.3. The van der Waals surface area contributed by atoms with Gasteiger partial charge in [0.25, 0.3) is 0 Å². The van der Waals surface area contributed by atoms with Crippen molar-refractivity contribution in [3.05, 3.63) is 11.9 Å². The molecule has 0 saturated carbocycles. The summed E-state index contributed by atoms with van der Waals surface area (Å²) in [6.07, 6.45) is 2.72. The highest BCUT2D eigenvalue weighted by molar-refractivity contribution is 8.00. The lowest BCUT2D eigenvalue weighted by molar-refractivity contribution is -0.139. The number of ether oxygens (including phenoxy) is 3. The van der Waals surface area contributed by atoms with Gasteiger partial charge in [0.1, 0.15) is 11.7 Å². The van der Waals surface area contributed by atoms with Gasteiger partial charge >= 0.3 is 5.97 Å². The minimum atomic E-state index is -1.14. The first kappa shape index (κ1) is 28.2. The Morgan fingerprint density at radius 3 is 2.47 bits per heavy atom. The van der Waals surface area contributed by atoms with Crippen molar-refractivity contribution in [2.24, 2.45) is 11.7 Å². The number of carbonyl (C=O) groups excluding carboxylic acids is 2. The van der Waals surface area contributed by atoms with Crippen LogP contribution in [-0.4, -0.2) is 99.5 Å². The second-order valence-corrected chi connectivity index (χ2v) is 9.52. The largest absolute Gasteiger partial charge is 0.480 e. The number of thioether (sulfide) groups is 1. The molecule has 0 spiro atoms. The van der Waals surface area contributed by atoms with Gasteiger partial charge in [-0.3, -0.25) is 19.3 Å². The summed E-state index contributed by atoms with van der Waals surface area (Å²) in [5.74, 6) is -1.14. The van der Waals surface area contributed by atoms with Crippen molar-refractivity contribution in [3.8, 4) is 0 Å². The average molecular weight is 502 g/mol. The molecule has 1 saturated heterocycles. The van der Waals surface area contributed by atoms with Crippen LogP contribution >= 0.6 is 11.8 Å². The number of aromatic nitrogens is 3. The van der Waals surface area contributed by atoms with Gasteiger partial charge in [-0.1, -0.05) is 19.1 Å². The molecule has 1 fully saturated rings. The van der Waals surface area contributed by atoms with E-state index in [9.17, 15) is 14.4 Å². The summed E-state index contributed by atoms with van der Waals surface area (Å²) < 4.78 is 18.0. The fraction of sp³-hybridized carbons (Fsp3) is 0.762. The number of nitrogens with two attached hydrogens (primary N) is 1. The van der Waals surface area contributed by atoms with Crippen molar-refractivity contribution >= 4 is 29.5 Å². The Morgan fingerprint density at radius 1 is 1.18 bits per heavy atom. The van der Waals surface area contributed by atoms with Crippen molar-refractivity contribution < 1.29 is 33.7 Å². The van der Waals surface area contributed by atoms with Gasteiger partial charge in [-0.05, 0) is 12.3 Å². The van der Waals surface area contributed by atoms with Crippen molar-refractivity contribution in [3.63, 3.8) is 0 Å². The molecule has 1 aromatic heterocycles. The number of nitrogens with zero attached hydrogens (tertiary/aromatic N) is 4. The zero-order valence-corrected chi connectivity index (χ0v) is 20.6. The standard InChI is InChI=1S/C21H35N5O7S/c1-15(2)3-5-31-7-9-33-10-8-32-6-4-25-12-16(23-24-25)13-26-19(27)11-18(20(26)28)34-14-17(22)21(29)30/h12,15,17-18H,3-11,13-14,22H2,1-2H3,(H,29,30). The molecular weight excluding hydrogens is 466 g/mol. The number of aliphatic carboxylic acids is 1. The SMILES string of the molecule is CC(C)CCOCCOCCOCCn1cc(CN2C(=O)CC(SCC(N)C(=O)O)C2=O)nn1. The molecule has 34 heavy (non-hydrogen) atoms. The molecule has 1 aliphatic rings. The Morgan fingerprint density at radius 2 is 1.82 bits per heavy atom. The van der Waals surface area contributed by atoms with Gasteiger partial charge in [-0.25, -0.2) is 4.68 Å². The van der Waals surface area contributed by atoms with Crippen LogP contribution in [-0.2, 0) is 41.7 Å². The molecule has 2 amide bonds. The summed E-state index contributed by atoms with van der Waals surface area (Å²) in [7, 11) is 0. The normalized spacial score (nSPS) is 17.2. The Hall–Kier alpha value is -2.06. The first-order valence-electron chi connectivity index (χ1n) is 11.3. The lowest BCUT2D eigenvalue weighted by Crippen LogP contribution is -2.34. The van der Waals surface area contributed by atoms with E-state index in [4.69, 9.17) is 25.1 Å². The van der Waals surface area contributed by atoms with Gasteiger partial charge in [0.2, 0.25) is 11.8 Å². The number of carbonyl (C=O) groups is 3. The Labute approximate surface area is 203 Å². The van der Waals surface area contributed by atoms with Crippen molar-refractivity contribution in [1.82, 2.24) is 19.9 Å². The maximum absolute atomic E-state index is 12.5. The van der Waals surface area contributed by atoms with Gasteiger partial charge in [0.15, 0.2) is 0 Å². The molecule has 2 unspecified atom stereocenters. The van der Waals surface area contributed by atoms with Crippen LogP contribution in [0.5, 0.6) is 0 Å². The van der Waals surface area contributed by atoms with Crippen molar-refractivity contribution in [1.29, 1.82) is 0 Å². The zero-order valence-electron chi connectivity index (χ0n) is 19.8. The van der Waals surface area contributed by atoms with Crippen LogP contribution in [0, 0.1) is 5.92 Å². The number of hydrogen-bond acceptors (Lipinski definition) is 10. The number of carboxylic acid groups (broad SMARTS) is 1. The van der Waals surface area contributed by atoms with Gasteiger partial charge in [-0.15, -0.1) is 16.9 Å². The number of likely N-dealkylation sites (tertiary alicyclic amines) is 1. The molecule has 0 aliphatic carbocycles. The van der Waals surface area contributed by atoms with Crippen LogP contribution in [0.3, 0.4) is 0 Å². The maximum Gasteiger partial charge on any atom is 0.321 e. The number of hydrogen-bond donors (Lipinski definition) is 2. The summed E-state index contributed by atoms with van der Waals surface area (Å²) in [4.78, 5) is 36.7.